The number of nitrogens with zero attached hydrogens (tertiary/aromatic N) is 2. The number of hydrogen-bond donors (Lipinski definition) is 1. The van der Waals surface area contributed by atoms with E-state index >= 15 is 0 Å². The van der Waals surface area contributed by atoms with Gasteiger partial charge < -0.3 is 9.52 Å². The predicted octanol–water partition coefficient (Wildman–Crippen LogP) is 2.83. The molecule has 1 heterocycles. The number of aromatic nitrogens is 1. The molecule has 0 bridgehead atoms. The maximum Gasteiger partial charge on any atom is 0.226 e. The average Bonchev–Trinajstić information content (AvgIpc) is 2.87. The Morgan fingerprint density at radius 1 is 1.44 bits per heavy atom. The summed E-state index contributed by atoms with van der Waals surface area (Å²) in [6.07, 6.45) is 1.69. The van der Waals surface area contributed by atoms with Gasteiger partial charge in [-0.3, -0.25) is 0 Å². The molecule has 0 aliphatic heterocycles. The van der Waals surface area contributed by atoms with Crippen molar-refractivity contribution in [2.75, 3.05) is 0 Å². The van der Waals surface area contributed by atoms with Crippen LogP contribution >= 0.6 is 0 Å². The van der Waals surface area contributed by atoms with Crippen molar-refractivity contribution in [1.82, 2.24) is 4.98 Å². The zero-order valence-electron chi connectivity index (χ0n) is 10.3. The summed E-state index contributed by atoms with van der Waals surface area (Å²) in [4.78, 5) is 4.21. The van der Waals surface area contributed by atoms with Gasteiger partial charge in [-0.1, -0.05) is 13.8 Å². The topological polar surface area (TPSA) is 70.0 Å². The summed E-state index contributed by atoms with van der Waals surface area (Å²) < 4.78 is 5.64. The molecule has 1 aromatic heterocycles. The summed E-state index contributed by atoms with van der Waals surface area (Å²) in [5.74, 6) is 1.55. The molecule has 2 aromatic rings. The minimum Gasteiger partial charge on any atom is -0.441 e. The maximum absolute atomic E-state index is 9.34. The number of aliphatic hydroxyl groups is 1. The molecule has 4 nitrogen and oxygen atoms in total. The van der Waals surface area contributed by atoms with E-state index in [-0.39, 0.29) is 12.5 Å². The third-order valence-electron chi connectivity index (χ3n) is 2.73. The lowest BCUT2D eigenvalue weighted by Gasteiger charge is -2.04. The first-order valence-corrected chi connectivity index (χ1v) is 5.75. The van der Waals surface area contributed by atoms with Gasteiger partial charge in [0.1, 0.15) is 5.76 Å². The van der Waals surface area contributed by atoms with Crippen LogP contribution in [0.25, 0.3) is 11.5 Å². The van der Waals surface area contributed by atoms with Crippen LogP contribution in [0.5, 0.6) is 0 Å². The first-order chi connectivity index (χ1) is 8.65. The molecule has 0 saturated carbocycles. The van der Waals surface area contributed by atoms with Gasteiger partial charge in [0.25, 0.3) is 0 Å². The minimum absolute atomic E-state index is 0.149. The highest BCUT2D eigenvalue weighted by molar-refractivity contribution is 5.60. The number of oxazole rings is 1. The van der Waals surface area contributed by atoms with Gasteiger partial charge in [0.15, 0.2) is 0 Å². The third kappa shape index (κ3) is 2.27. The first-order valence-electron chi connectivity index (χ1n) is 5.75. The van der Waals surface area contributed by atoms with Crippen molar-refractivity contribution in [3.63, 3.8) is 0 Å². The van der Waals surface area contributed by atoms with E-state index in [4.69, 9.17) is 9.68 Å². The molecule has 1 N–H and O–H groups in total. The van der Waals surface area contributed by atoms with Crippen LogP contribution in [0.3, 0.4) is 0 Å². The highest BCUT2D eigenvalue weighted by Crippen LogP contribution is 2.27. The molecule has 2 rings (SSSR count). The van der Waals surface area contributed by atoms with Gasteiger partial charge in [-0.2, -0.15) is 5.26 Å². The molecule has 0 atom stereocenters. The van der Waals surface area contributed by atoms with Crippen LogP contribution in [0.1, 0.15) is 36.7 Å². The molecule has 92 valence electrons. The van der Waals surface area contributed by atoms with Gasteiger partial charge in [-0.25, -0.2) is 4.98 Å². The molecule has 0 spiro atoms. The van der Waals surface area contributed by atoms with E-state index in [1.54, 1.807) is 24.4 Å². The second-order valence-electron chi connectivity index (χ2n) is 4.36. The highest BCUT2D eigenvalue weighted by atomic mass is 16.4. The molecular formula is C14H14N2O2. The molecule has 0 fully saturated rings. The molecule has 4 heteroatoms. The Morgan fingerprint density at radius 3 is 2.78 bits per heavy atom. The number of rotatable bonds is 3. The maximum atomic E-state index is 9.34. The van der Waals surface area contributed by atoms with Gasteiger partial charge in [0, 0.05) is 11.5 Å². The Labute approximate surface area is 106 Å². The Morgan fingerprint density at radius 2 is 2.22 bits per heavy atom. The lowest BCUT2D eigenvalue weighted by atomic mass is 10.0. The van der Waals surface area contributed by atoms with Crippen LogP contribution in [-0.2, 0) is 6.61 Å². The second kappa shape index (κ2) is 5.03. The van der Waals surface area contributed by atoms with E-state index in [2.05, 4.69) is 4.98 Å². The molecule has 0 aliphatic rings. The largest absolute Gasteiger partial charge is 0.441 e. The Bertz CT molecular complexity index is 594. The van der Waals surface area contributed by atoms with Crippen molar-refractivity contribution in [3.8, 4) is 17.5 Å². The third-order valence-corrected chi connectivity index (χ3v) is 2.73. The van der Waals surface area contributed by atoms with Crippen molar-refractivity contribution >= 4 is 0 Å². The van der Waals surface area contributed by atoms with Gasteiger partial charge in [0.2, 0.25) is 5.89 Å². The number of nitriles is 1. The molecule has 0 radical (unpaired) electrons. The summed E-state index contributed by atoms with van der Waals surface area (Å²) in [5, 5.41) is 18.2. The molecule has 1 aromatic carbocycles. The normalized spacial score (nSPS) is 10.6. The quantitative estimate of drug-likeness (QED) is 0.898. The van der Waals surface area contributed by atoms with Crippen LogP contribution in [0.2, 0.25) is 0 Å². The lowest BCUT2D eigenvalue weighted by molar-refractivity contribution is 0.282. The predicted molar refractivity (Wildman–Crippen MR) is 66.7 cm³/mol. The second-order valence-corrected chi connectivity index (χ2v) is 4.36. The fourth-order valence-corrected chi connectivity index (χ4v) is 1.68. The van der Waals surface area contributed by atoms with Gasteiger partial charge in [-0.05, 0) is 23.8 Å². The zero-order chi connectivity index (χ0) is 13.1. The first kappa shape index (κ1) is 12.3. The number of aliphatic hydroxyl groups excluding tert-OH is 1. The molecular weight excluding hydrogens is 228 g/mol. The van der Waals surface area contributed by atoms with Crippen LogP contribution in [-0.4, -0.2) is 10.1 Å². The summed E-state index contributed by atoms with van der Waals surface area (Å²) in [7, 11) is 0. The van der Waals surface area contributed by atoms with E-state index in [1.807, 2.05) is 19.9 Å². The number of hydrogen-bond acceptors (Lipinski definition) is 4. The SMILES string of the molecule is CC(C)c1cnc(-c2ccc(C#N)cc2CO)o1. The fourth-order valence-electron chi connectivity index (χ4n) is 1.68. The van der Waals surface area contributed by atoms with Crippen LogP contribution in [0.4, 0.5) is 0 Å². The van der Waals surface area contributed by atoms with Gasteiger partial charge in [0.05, 0.1) is 24.4 Å². The van der Waals surface area contributed by atoms with Gasteiger partial charge in [-0.15, -0.1) is 0 Å². The van der Waals surface area contributed by atoms with Gasteiger partial charge >= 0.3 is 0 Å². The molecule has 0 saturated heterocycles. The van der Waals surface area contributed by atoms with E-state index < -0.39 is 0 Å². The summed E-state index contributed by atoms with van der Waals surface area (Å²) in [6, 6.07) is 7.13. The molecule has 0 amide bonds. The van der Waals surface area contributed by atoms with Crippen molar-refractivity contribution in [2.45, 2.75) is 26.4 Å². The smallest absolute Gasteiger partial charge is 0.226 e. The Kier molecular flexibility index (Phi) is 3.45. The Balaban J connectivity index is 2.46. The van der Waals surface area contributed by atoms with Crippen LogP contribution < -0.4 is 0 Å². The highest BCUT2D eigenvalue weighted by Gasteiger charge is 2.13. The average molecular weight is 242 g/mol. The number of benzene rings is 1. The van der Waals surface area contributed by atoms with E-state index in [0.717, 1.165) is 11.3 Å². The van der Waals surface area contributed by atoms with E-state index in [9.17, 15) is 5.11 Å². The zero-order valence-corrected chi connectivity index (χ0v) is 10.3. The summed E-state index contributed by atoms with van der Waals surface area (Å²) in [6.45, 7) is 3.90. The van der Waals surface area contributed by atoms with Crippen molar-refractivity contribution in [1.29, 1.82) is 5.26 Å². The van der Waals surface area contributed by atoms with Crippen molar-refractivity contribution < 1.29 is 9.52 Å². The van der Waals surface area contributed by atoms with Crippen molar-refractivity contribution in [3.05, 3.63) is 41.3 Å². The molecule has 18 heavy (non-hydrogen) atoms. The minimum atomic E-state index is -0.149. The summed E-state index contributed by atoms with van der Waals surface area (Å²) >= 11 is 0. The van der Waals surface area contributed by atoms with E-state index in [0.29, 0.717) is 17.0 Å². The van der Waals surface area contributed by atoms with Crippen LogP contribution in [0, 0.1) is 11.3 Å². The monoisotopic (exact) mass is 242 g/mol. The summed E-state index contributed by atoms with van der Waals surface area (Å²) in [5.41, 5.74) is 1.88. The van der Waals surface area contributed by atoms with E-state index in [1.165, 1.54) is 0 Å². The standard InChI is InChI=1S/C14H14N2O2/c1-9(2)13-7-16-14(18-13)12-4-3-10(6-15)5-11(12)8-17/h3-5,7,9,17H,8H2,1-2H3. The molecule has 0 unspecified atom stereocenters. The Hall–Kier alpha value is -2.12. The molecule has 0 aliphatic carbocycles. The fraction of sp³-hybridized carbons (Fsp3) is 0.286. The lowest BCUT2D eigenvalue weighted by Crippen LogP contribution is -1.91. The van der Waals surface area contributed by atoms with Crippen molar-refractivity contribution in [2.24, 2.45) is 0 Å². The van der Waals surface area contributed by atoms with Crippen LogP contribution in [0.15, 0.2) is 28.8 Å².